The molecule has 3 N–H and O–H groups in total. The van der Waals surface area contributed by atoms with Crippen molar-refractivity contribution in [1.82, 2.24) is 20.3 Å². The fourth-order valence-corrected chi connectivity index (χ4v) is 2.39. The number of anilines is 1. The molecule has 3 aromatic heterocycles. The Balaban J connectivity index is 2.07. The number of nitrogens with zero attached hydrogens (tertiary/aromatic N) is 4. The SMILES string of the molecule is Cc1nc2nonc2c(N)c1Cc1ccc(C(F)(F)F)c(C(=O)O)n1. The monoisotopic (exact) mass is 353 g/mol. The number of nitrogen functional groups attached to an aromatic ring is 1. The molecule has 3 rings (SSSR count). The van der Waals surface area contributed by atoms with Crippen LogP contribution in [-0.2, 0) is 12.6 Å². The quantitative estimate of drug-likeness (QED) is 0.733. The highest BCUT2D eigenvalue weighted by molar-refractivity contribution is 5.87. The largest absolute Gasteiger partial charge is 0.476 e. The molecule has 0 atom stereocenters. The Morgan fingerprint density at radius 2 is 2.00 bits per heavy atom. The molecule has 0 saturated heterocycles. The molecule has 25 heavy (non-hydrogen) atoms. The van der Waals surface area contributed by atoms with Crippen LogP contribution in [0.4, 0.5) is 18.9 Å². The number of pyridine rings is 2. The first-order chi connectivity index (χ1) is 11.7. The first kappa shape index (κ1) is 16.6. The zero-order valence-electron chi connectivity index (χ0n) is 12.6. The topological polar surface area (TPSA) is 128 Å². The van der Waals surface area contributed by atoms with Crippen molar-refractivity contribution in [3.05, 3.63) is 40.3 Å². The molecule has 0 aliphatic carbocycles. The van der Waals surface area contributed by atoms with Crippen LogP contribution in [0.15, 0.2) is 16.8 Å². The van der Waals surface area contributed by atoms with Crippen molar-refractivity contribution in [2.24, 2.45) is 0 Å². The number of nitrogens with two attached hydrogens (primary N) is 1. The molecular formula is C14H10F3N5O3. The molecule has 0 aromatic carbocycles. The van der Waals surface area contributed by atoms with Crippen LogP contribution in [0, 0.1) is 6.92 Å². The summed E-state index contributed by atoms with van der Waals surface area (Å²) in [7, 11) is 0. The molecule has 11 heteroatoms. The van der Waals surface area contributed by atoms with Gasteiger partial charge in [-0.25, -0.2) is 19.4 Å². The number of fused-ring (bicyclic) bond motifs is 1. The maximum absolute atomic E-state index is 12.9. The molecule has 130 valence electrons. The van der Waals surface area contributed by atoms with Gasteiger partial charge in [0.1, 0.15) is 0 Å². The van der Waals surface area contributed by atoms with Gasteiger partial charge in [0.25, 0.3) is 0 Å². The van der Waals surface area contributed by atoms with Gasteiger partial charge in [0.05, 0.1) is 11.3 Å². The summed E-state index contributed by atoms with van der Waals surface area (Å²) in [6.07, 6.45) is -4.84. The Morgan fingerprint density at radius 3 is 2.64 bits per heavy atom. The van der Waals surface area contributed by atoms with Crippen molar-refractivity contribution in [2.45, 2.75) is 19.5 Å². The van der Waals surface area contributed by atoms with Crippen molar-refractivity contribution in [3.8, 4) is 0 Å². The number of carboxylic acids is 1. The van der Waals surface area contributed by atoms with E-state index in [2.05, 4.69) is 24.9 Å². The summed E-state index contributed by atoms with van der Waals surface area (Å²) in [4.78, 5) is 18.9. The van der Waals surface area contributed by atoms with Gasteiger partial charge >= 0.3 is 12.1 Å². The summed E-state index contributed by atoms with van der Waals surface area (Å²) in [6, 6.07) is 1.78. The van der Waals surface area contributed by atoms with Crippen LogP contribution in [0.3, 0.4) is 0 Å². The lowest BCUT2D eigenvalue weighted by Gasteiger charge is -2.12. The van der Waals surface area contributed by atoms with E-state index in [4.69, 9.17) is 10.8 Å². The molecule has 0 aliphatic heterocycles. The Kier molecular flexibility index (Phi) is 3.78. The Bertz CT molecular complexity index is 984. The average molecular weight is 353 g/mol. The average Bonchev–Trinajstić information content (AvgIpc) is 2.98. The van der Waals surface area contributed by atoms with E-state index >= 15 is 0 Å². The van der Waals surface area contributed by atoms with E-state index in [1.807, 2.05) is 0 Å². The fourth-order valence-electron chi connectivity index (χ4n) is 2.39. The number of carbonyl (C=O) groups is 1. The summed E-state index contributed by atoms with van der Waals surface area (Å²) in [5.41, 5.74) is 5.21. The predicted molar refractivity (Wildman–Crippen MR) is 77.8 cm³/mol. The highest BCUT2D eigenvalue weighted by Gasteiger charge is 2.36. The normalized spacial score (nSPS) is 11.8. The lowest BCUT2D eigenvalue weighted by atomic mass is 10.0. The minimum Gasteiger partial charge on any atom is -0.476 e. The molecule has 0 unspecified atom stereocenters. The number of alkyl halides is 3. The maximum atomic E-state index is 12.9. The second-order valence-electron chi connectivity index (χ2n) is 5.20. The van der Waals surface area contributed by atoms with Crippen molar-refractivity contribution in [1.29, 1.82) is 0 Å². The van der Waals surface area contributed by atoms with E-state index in [0.29, 0.717) is 17.3 Å². The second-order valence-corrected chi connectivity index (χ2v) is 5.20. The summed E-state index contributed by atoms with van der Waals surface area (Å²) in [5, 5.41) is 16.2. The molecule has 3 heterocycles. The minimum absolute atomic E-state index is 0.0219. The van der Waals surface area contributed by atoms with Crippen LogP contribution in [0.5, 0.6) is 0 Å². The molecule has 0 spiro atoms. The van der Waals surface area contributed by atoms with Crippen LogP contribution in [0.2, 0.25) is 0 Å². The Labute approximate surface area is 137 Å². The van der Waals surface area contributed by atoms with Crippen LogP contribution in [-0.4, -0.2) is 31.4 Å². The third kappa shape index (κ3) is 2.95. The van der Waals surface area contributed by atoms with E-state index in [0.717, 1.165) is 6.07 Å². The van der Waals surface area contributed by atoms with Crippen LogP contribution in [0.1, 0.15) is 33.0 Å². The molecule has 8 nitrogen and oxygen atoms in total. The van der Waals surface area contributed by atoms with Gasteiger partial charge in [-0.1, -0.05) is 0 Å². The Morgan fingerprint density at radius 1 is 1.28 bits per heavy atom. The zero-order valence-corrected chi connectivity index (χ0v) is 12.6. The van der Waals surface area contributed by atoms with Gasteiger partial charge in [-0.05, 0) is 29.4 Å². The number of hydrogen-bond donors (Lipinski definition) is 2. The van der Waals surface area contributed by atoms with E-state index in [1.54, 1.807) is 6.92 Å². The van der Waals surface area contributed by atoms with Gasteiger partial charge in [0.15, 0.2) is 11.2 Å². The van der Waals surface area contributed by atoms with E-state index in [1.165, 1.54) is 0 Å². The zero-order chi connectivity index (χ0) is 18.4. The third-order valence-electron chi connectivity index (χ3n) is 3.58. The van der Waals surface area contributed by atoms with Crippen molar-refractivity contribution in [2.75, 3.05) is 5.73 Å². The highest BCUT2D eigenvalue weighted by atomic mass is 19.4. The van der Waals surface area contributed by atoms with Gasteiger partial charge in [0.2, 0.25) is 5.65 Å². The van der Waals surface area contributed by atoms with Crippen molar-refractivity contribution >= 4 is 22.8 Å². The number of aryl methyl sites for hydroxylation is 1. The van der Waals surface area contributed by atoms with E-state index in [-0.39, 0.29) is 29.0 Å². The number of hydrogen-bond acceptors (Lipinski definition) is 7. The molecule has 0 fully saturated rings. The van der Waals surface area contributed by atoms with Crippen molar-refractivity contribution in [3.63, 3.8) is 0 Å². The maximum Gasteiger partial charge on any atom is 0.418 e. The number of rotatable bonds is 3. The minimum atomic E-state index is -4.82. The van der Waals surface area contributed by atoms with Gasteiger partial charge in [0, 0.05) is 23.4 Å². The highest BCUT2D eigenvalue weighted by Crippen LogP contribution is 2.32. The lowest BCUT2D eigenvalue weighted by Crippen LogP contribution is -2.16. The van der Waals surface area contributed by atoms with E-state index in [9.17, 15) is 18.0 Å². The first-order valence-corrected chi connectivity index (χ1v) is 6.86. The number of halogens is 3. The second kappa shape index (κ2) is 5.69. The van der Waals surface area contributed by atoms with Crippen LogP contribution >= 0.6 is 0 Å². The standard InChI is InChI=1S/C14H10F3N5O3/c1-5-7(9(18)11-12(19-5)22-25-21-11)4-6-2-3-8(14(15,16)17)10(20-6)13(23)24/h2-3H,4,18H2,1H3,(H,23,24). The van der Waals surface area contributed by atoms with Gasteiger partial charge in [-0.3, -0.25) is 0 Å². The molecule has 0 amide bonds. The Hall–Kier alpha value is -3.24. The summed E-state index contributed by atoms with van der Waals surface area (Å²) in [5.74, 6) is -1.77. The van der Waals surface area contributed by atoms with Gasteiger partial charge in [-0.2, -0.15) is 13.2 Å². The number of aromatic nitrogens is 4. The van der Waals surface area contributed by atoms with Crippen molar-refractivity contribution < 1.29 is 27.7 Å². The fraction of sp³-hybridized carbons (Fsp3) is 0.214. The number of carboxylic acid groups (broad SMARTS) is 1. The molecule has 0 bridgehead atoms. The number of aromatic carboxylic acids is 1. The molecule has 0 radical (unpaired) electrons. The predicted octanol–water partition coefficient (Wildman–Crippen LogP) is 2.21. The summed E-state index contributed by atoms with van der Waals surface area (Å²) in [6.45, 7) is 1.63. The van der Waals surface area contributed by atoms with Gasteiger partial charge < -0.3 is 10.8 Å². The molecule has 0 aliphatic rings. The van der Waals surface area contributed by atoms with Gasteiger partial charge in [-0.15, -0.1) is 0 Å². The lowest BCUT2D eigenvalue weighted by molar-refractivity contribution is -0.138. The third-order valence-corrected chi connectivity index (χ3v) is 3.58. The summed E-state index contributed by atoms with van der Waals surface area (Å²) >= 11 is 0. The smallest absolute Gasteiger partial charge is 0.418 e. The molecule has 3 aromatic rings. The molecular weight excluding hydrogens is 343 g/mol. The summed E-state index contributed by atoms with van der Waals surface area (Å²) < 4.78 is 43.2. The molecule has 0 saturated carbocycles. The van der Waals surface area contributed by atoms with Crippen LogP contribution in [0.25, 0.3) is 11.2 Å². The van der Waals surface area contributed by atoms with Crippen LogP contribution < -0.4 is 5.73 Å². The van der Waals surface area contributed by atoms with E-state index < -0.39 is 23.4 Å². The first-order valence-electron chi connectivity index (χ1n) is 6.86.